The summed E-state index contributed by atoms with van der Waals surface area (Å²) in [6.07, 6.45) is 2.71. The summed E-state index contributed by atoms with van der Waals surface area (Å²) in [5.41, 5.74) is 3.01. The van der Waals surface area contributed by atoms with Crippen molar-refractivity contribution in [2.24, 2.45) is 0 Å². The lowest BCUT2D eigenvalue weighted by Gasteiger charge is -2.25. The minimum absolute atomic E-state index is 0.0304. The quantitative estimate of drug-likeness (QED) is 0.162. The molecule has 2 N–H and O–H groups in total. The molecule has 47 heavy (non-hydrogen) atoms. The first-order chi connectivity index (χ1) is 22.7. The number of rotatable bonds is 12. The second-order valence-corrected chi connectivity index (χ2v) is 13.8. The van der Waals surface area contributed by atoms with Crippen LogP contribution >= 0.6 is 11.8 Å². The molecule has 12 nitrogen and oxygen atoms in total. The number of hydrogen-bond acceptors (Lipinski definition) is 9. The summed E-state index contributed by atoms with van der Waals surface area (Å²) >= 11 is 1.19. The zero-order valence-corrected chi connectivity index (χ0v) is 27.8. The van der Waals surface area contributed by atoms with Gasteiger partial charge in [0.2, 0.25) is 15.9 Å². The molecule has 0 unspecified atom stereocenters. The van der Waals surface area contributed by atoms with Crippen LogP contribution in [0.2, 0.25) is 0 Å². The van der Waals surface area contributed by atoms with E-state index in [9.17, 15) is 22.8 Å². The van der Waals surface area contributed by atoms with Gasteiger partial charge >= 0.3 is 5.97 Å². The number of hydrogen-bond donors (Lipinski definition) is 2. The van der Waals surface area contributed by atoms with Crippen LogP contribution in [0.3, 0.4) is 0 Å². The van der Waals surface area contributed by atoms with Gasteiger partial charge in [-0.25, -0.2) is 13.2 Å². The van der Waals surface area contributed by atoms with Gasteiger partial charge in [-0.05, 0) is 92.9 Å². The highest BCUT2D eigenvalue weighted by Crippen LogP contribution is 2.24. The van der Waals surface area contributed by atoms with Crippen LogP contribution in [0.1, 0.15) is 58.3 Å². The van der Waals surface area contributed by atoms with Gasteiger partial charge in [0, 0.05) is 30.0 Å². The molecule has 1 saturated heterocycles. The van der Waals surface area contributed by atoms with E-state index in [0.717, 1.165) is 30.5 Å². The summed E-state index contributed by atoms with van der Waals surface area (Å²) in [5.74, 6) is -0.625. The van der Waals surface area contributed by atoms with Gasteiger partial charge in [0.05, 0.1) is 29.4 Å². The maximum Gasteiger partial charge on any atom is 0.338 e. The molecule has 4 aromatic rings. The molecule has 1 aliphatic rings. The summed E-state index contributed by atoms with van der Waals surface area (Å²) in [4.78, 5) is 37.9. The number of nitrogens with zero attached hydrogens (tertiary/aromatic N) is 4. The number of carbonyl (C=O) groups is 3. The smallest absolute Gasteiger partial charge is 0.338 e. The number of amides is 2. The van der Waals surface area contributed by atoms with Crippen molar-refractivity contribution < 1.29 is 27.5 Å². The summed E-state index contributed by atoms with van der Waals surface area (Å²) in [7, 11) is -3.60. The average Bonchev–Trinajstić information content (AvgIpc) is 3.50. The molecule has 3 aromatic carbocycles. The SMILES string of the molecule is CCOC(=O)c1ccc(NC(=O)CSc2nnc(CNC(=O)c3ccc(S(=O)(=O)N4CCCCC4)cc3)n2-c2cccc(C)c2)cc1. The first-order valence-corrected chi connectivity index (χ1v) is 17.7. The van der Waals surface area contributed by atoms with Crippen molar-refractivity contribution in [3.05, 3.63) is 95.3 Å². The first kappa shape index (κ1) is 33.8. The number of anilines is 1. The van der Waals surface area contributed by atoms with Crippen molar-refractivity contribution >= 4 is 45.3 Å². The van der Waals surface area contributed by atoms with Gasteiger partial charge in [-0.15, -0.1) is 10.2 Å². The summed E-state index contributed by atoms with van der Waals surface area (Å²) < 4.78 is 34.2. The van der Waals surface area contributed by atoms with Crippen LogP contribution in [0.15, 0.2) is 82.8 Å². The van der Waals surface area contributed by atoms with Gasteiger partial charge in [-0.1, -0.05) is 30.3 Å². The van der Waals surface area contributed by atoms with Crippen LogP contribution < -0.4 is 10.6 Å². The molecule has 0 bridgehead atoms. The Hall–Kier alpha value is -4.53. The molecule has 0 spiro atoms. The highest BCUT2D eigenvalue weighted by Gasteiger charge is 2.26. The van der Waals surface area contributed by atoms with E-state index in [-0.39, 0.29) is 29.7 Å². The van der Waals surface area contributed by atoms with Crippen LogP contribution in [-0.2, 0) is 26.1 Å². The number of piperidine rings is 1. The highest BCUT2D eigenvalue weighted by atomic mass is 32.2. The van der Waals surface area contributed by atoms with E-state index in [2.05, 4.69) is 20.8 Å². The van der Waals surface area contributed by atoms with E-state index in [1.54, 1.807) is 35.8 Å². The Morgan fingerprint density at radius 3 is 2.30 bits per heavy atom. The second kappa shape index (κ2) is 15.4. The molecule has 1 fully saturated rings. The van der Waals surface area contributed by atoms with Gasteiger partial charge in [0.15, 0.2) is 11.0 Å². The number of ether oxygens (including phenoxy) is 1. The van der Waals surface area contributed by atoms with Gasteiger partial charge in [-0.3, -0.25) is 14.2 Å². The molecular weight excluding hydrogens is 641 g/mol. The minimum Gasteiger partial charge on any atom is -0.462 e. The molecule has 0 aliphatic carbocycles. The first-order valence-electron chi connectivity index (χ1n) is 15.3. The minimum atomic E-state index is -3.60. The number of benzene rings is 3. The monoisotopic (exact) mass is 676 g/mol. The van der Waals surface area contributed by atoms with Gasteiger partial charge in [-0.2, -0.15) is 4.31 Å². The van der Waals surface area contributed by atoms with Crippen molar-refractivity contribution in [1.29, 1.82) is 0 Å². The zero-order valence-electron chi connectivity index (χ0n) is 26.1. The number of nitrogens with one attached hydrogen (secondary N) is 2. The maximum atomic E-state index is 13.1. The summed E-state index contributed by atoms with van der Waals surface area (Å²) in [5, 5.41) is 14.7. The Morgan fingerprint density at radius 2 is 1.62 bits per heavy atom. The second-order valence-electron chi connectivity index (χ2n) is 10.9. The van der Waals surface area contributed by atoms with Gasteiger partial charge in [0.1, 0.15) is 0 Å². The third kappa shape index (κ3) is 8.44. The summed E-state index contributed by atoms with van der Waals surface area (Å²) in [6.45, 7) is 5.01. The number of esters is 1. The lowest BCUT2D eigenvalue weighted by molar-refractivity contribution is -0.113. The van der Waals surface area contributed by atoms with E-state index in [4.69, 9.17) is 4.74 Å². The molecular formula is C33H36N6O6S2. The molecule has 14 heteroatoms. The molecule has 0 saturated carbocycles. The Morgan fingerprint density at radius 1 is 0.915 bits per heavy atom. The molecule has 1 aliphatic heterocycles. The Balaban J connectivity index is 1.25. The van der Waals surface area contributed by atoms with Crippen LogP contribution in [0.5, 0.6) is 0 Å². The number of sulfonamides is 1. The standard InChI is InChI=1S/C33H36N6O6S2/c1-3-45-32(42)25-10-14-26(15-11-25)35-30(40)22-46-33-37-36-29(39(33)27-9-7-8-23(2)20-27)21-34-31(41)24-12-16-28(17-13-24)47(43,44)38-18-5-4-6-19-38/h7-17,20H,3-6,18-19,21-22H2,1-2H3,(H,34,41)(H,35,40). The molecule has 2 amide bonds. The highest BCUT2D eigenvalue weighted by molar-refractivity contribution is 7.99. The van der Waals surface area contributed by atoms with Crippen LogP contribution in [0.25, 0.3) is 5.69 Å². The molecule has 0 radical (unpaired) electrons. The van der Waals surface area contributed by atoms with Crippen molar-refractivity contribution in [2.75, 3.05) is 30.8 Å². The lowest BCUT2D eigenvalue weighted by Crippen LogP contribution is -2.35. The third-order valence-corrected chi connectivity index (χ3v) is 10.3. The van der Waals surface area contributed by atoms with E-state index in [0.29, 0.717) is 40.9 Å². The Labute approximate surface area is 278 Å². The van der Waals surface area contributed by atoms with E-state index in [1.165, 1.54) is 40.3 Å². The fourth-order valence-electron chi connectivity index (χ4n) is 5.06. The predicted molar refractivity (Wildman–Crippen MR) is 178 cm³/mol. The Kier molecular flexibility index (Phi) is 11.1. The number of aryl methyl sites for hydroxylation is 1. The van der Waals surface area contributed by atoms with Crippen LogP contribution in [0.4, 0.5) is 5.69 Å². The molecule has 0 atom stereocenters. The Bertz CT molecular complexity index is 1840. The fraction of sp³-hybridized carbons (Fsp3) is 0.303. The zero-order chi connectivity index (χ0) is 33.4. The lowest BCUT2D eigenvalue weighted by atomic mass is 10.2. The van der Waals surface area contributed by atoms with Crippen LogP contribution in [0, 0.1) is 6.92 Å². The molecule has 2 heterocycles. The normalized spacial score (nSPS) is 13.6. The van der Waals surface area contributed by atoms with Crippen molar-refractivity contribution in [2.45, 2.75) is 49.7 Å². The summed E-state index contributed by atoms with van der Waals surface area (Å²) in [6, 6.07) is 20.0. The fourth-order valence-corrected chi connectivity index (χ4v) is 7.35. The van der Waals surface area contributed by atoms with Gasteiger partial charge < -0.3 is 15.4 Å². The van der Waals surface area contributed by atoms with Gasteiger partial charge in [0.25, 0.3) is 5.91 Å². The predicted octanol–water partition coefficient (Wildman–Crippen LogP) is 4.59. The van der Waals surface area contributed by atoms with E-state index < -0.39 is 21.9 Å². The van der Waals surface area contributed by atoms with E-state index >= 15 is 0 Å². The largest absolute Gasteiger partial charge is 0.462 e. The maximum absolute atomic E-state index is 13.1. The molecule has 246 valence electrons. The van der Waals surface area contributed by atoms with Crippen molar-refractivity contribution in [3.63, 3.8) is 0 Å². The van der Waals surface area contributed by atoms with Crippen molar-refractivity contribution in [3.8, 4) is 5.69 Å². The molecule has 1 aromatic heterocycles. The van der Waals surface area contributed by atoms with Crippen molar-refractivity contribution in [1.82, 2.24) is 24.4 Å². The van der Waals surface area contributed by atoms with E-state index in [1.807, 2.05) is 31.2 Å². The number of carbonyl (C=O) groups excluding carboxylic acids is 3. The number of aromatic nitrogens is 3. The third-order valence-electron chi connectivity index (χ3n) is 7.45. The molecule has 5 rings (SSSR count). The average molecular weight is 677 g/mol. The van der Waals surface area contributed by atoms with Crippen LogP contribution in [-0.4, -0.2) is 70.7 Å². The topological polar surface area (TPSA) is 153 Å². The number of thioether (sulfide) groups is 1.